The van der Waals surface area contributed by atoms with Gasteiger partial charge in [0.25, 0.3) is 0 Å². The van der Waals surface area contributed by atoms with Crippen molar-refractivity contribution in [3.05, 3.63) is 46.7 Å². The second-order valence-corrected chi connectivity index (χ2v) is 5.22. The third-order valence-electron chi connectivity index (χ3n) is 2.44. The van der Waals surface area contributed by atoms with E-state index in [1.807, 2.05) is 35.1 Å². The average Bonchev–Trinajstić information content (AvgIpc) is 2.76. The fraction of sp³-hybridized carbons (Fsp3) is 0.308. The molecule has 2 aromatic rings. The van der Waals surface area contributed by atoms with E-state index >= 15 is 0 Å². The number of benzene rings is 1. The molecule has 0 aliphatic rings. The highest BCUT2D eigenvalue weighted by Gasteiger charge is 2.01. The second kappa shape index (κ2) is 5.47. The molecule has 0 fully saturated rings. The van der Waals surface area contributed by atoms with Crippen LogP contribution in [0.2, 0.25) is 0 Å². The van der Waals surface area contributed by atoms with E-state index in [0.29, 0.717) is 6.04 Å². The van der Waals surface area contributed by atoms with Crippen molar-refractivity contribution in [3.8, 4) is 5.69 Å². The van der Waals surface area contributed by atoms with Gasteiger partial charge < -0.3 is 5.32 Å². The van der Waals surface area contributed by atoms with Crippen LogP contribution < -0.4 is 5.32 Å². The van der Waals surface area contributed by atoms with E-state index in [-0.39, 0.29) is 0 Å². The van der Waals surface area contributed by atoms with Gasteiger partial charge in [0.1, 0.15) is 0 Å². The van der Waals surface area contributed by atoms with Gasteiger partial charge in [0.05, 0.1) is 11.9 Å². The van der Waals surface area contributed by atoms with Crippen molar-refractivity contribution < 1.29 is 0 Å². The zero-order chi connectivity index (χ0) is 12.3. The Morgan fingerprint density at radius 1 is 1.29 bits per heavy atom. The Bertz CT molecular complexity index is 474. The average molecular weight is 294 g/mol. The van der Waals surface area contributed by atoms with Crippen LogP contribution >= 0.6 is 15.9 Å². The van der Waals surface area contributed by atoms with Gasteiger partial charge in [0.15, 0.2) is 0 Å². The molecule has 90 valence electrons. The van der Waals surface area contributed by atoms with Crippen LogP contribution in [0.25, 0.3) is 5.69 Å². The first-order valence-electron chi connectivity index (χ1n) is 5.68. The first-order chi connectivity index (χ1) is 8.15. The molecule has 4 heteroatoms. The van der Waals surface area contributed by atoms with Crippen LogP contribution in [0.15, 0.2) is 41.1 Å². The van der Waals surface area contributed by atoms with Gasteiger partial charge in [-0.25, -0.2) is 4.68 Å². The van der Waals surface area contributed by atoms with Gasteiger partial charge in [-0.3, -0.25) is 0 Å². The van der Waals surface area contributed by atoms with E-state index in [9.17, 15) is 0 Å². The minimum absolute atomic E-state index is 0.492. The Balaban J connectivity index is 2.10. The summed E-state index contributed by atoms with van der Waals surface area (Å²) in [5, 5.41) is 7.73. The van der Waals surface area contributed by atoms with Crippen LogP contribution in [0.3, 0.4) is 0 Å². The smallest absolute Gasteiger partial charge is 0.0646 e. The van der Waals surface area contributed by atoms with E-state index in [4.69, 9.17) is 0 Å². The lowest BCUT2D eigenvalue weighted by atomic mass is 10.3. The Hall–Kier alpha value is -1.13. The monoisotopic (exact) mass is 293 g/mol. The first kappa shape index (κ1) is 12.3. The van der Waals surface area contributed by atoms with Crippen molar-refractivity contribution in [2.75, 3.05) is 0 Å². The summed E-state index contributed by atoms with van der Waals surface area (Å²) in [6, 6.07) is 8.60. The molecule has 0 aliphatic carbocycles. The van der Waals surface area contributed by atoms with Gasteiger partial charge in [-0.1, -0.05) is 29.8 Å². The van der Waals surface area contributed by atoms with Gasteiger partial charge in [0, 0.05) is 28.8 Å². The Morgan fingerprint density at radius 3 is 2.65 bits per heavy atom. The fourth-order valence-corrected chi connectivity index (χ4v) is 1.77. The SMILES string of the molecule is CC(C)NCc1cnn(-c2ccc(Br)cc2)c1. The van der Waals surface area contributed by atoms with E-state index in [1.54, 1.807) is 0 Å². The van der Waals surface area contributed by atoms with Gasteiger partial charge >= 0.3 is 0 Å². The van der Waals surface area contributed by atoms with Gasteiger partial charge in [-0.2, -0.15) is 5.10 Å². The molecule has 0 unspecified atom stereocenters. The zero-order valence-corrected chi connectivity index (χ0v) is 11.6. The minimum atomic E-state index is 0.492. The normalized spacial score (nSPS) is 11.1. The van der Waals surface area contributed by atoms with Crippen molar-refractivity contribution in [2.24, 2.45) is 0 Å². The van der Waals surface area contributed by atoms with Crippen LogP contribution in [-0.2, 0) is 6.54 Å². The number of nitrogens with zero attached hydrogens (tertiary/aromatic N) is 2. The molecule has 0 aliphatic heterocycles. The highest BCUT2D eigenvalue weighted by atomic mass is 79.9. The molecule has 0 atom stereocenters. The fourth-order valence-electron chi connectivity index (χ4n) is 1.51. The topological polar surface area (TPSA) is 29.9 Å². The third-order valence-corrected chi connectivity index (χ3v) is 2.97. The molecule has 3 nitrogen and oxygen atoms in total. The number of hydrogen-bond donors (Lipinski definition) is 1. The predicted octanol–water partition coefficient (Wildman–Crippen LogP) is 3.13. The summed E-state index contributed by atoms with van der Waals surface area (Å²) in [4.78, 5) is 0. The third kappa shape index (κ3) is 3.41. The molecule has 0 bridgehead atoms. The molecule has 0 saturated carbocycles. The van der Waals surface area contributed by atoms with Crippen molar-refractivity contribution >= 4 is 15.9 Å². The molecule has 1 N–H and O–H groups in total. The maximum absolute atomic E-state index is 4.36. The summed E-state index contributed by atoms with van der Waals surface area (Å²) >= 11 is 3.42. The highest BCUT2D eigenvalue weighted by molar-refractivity contribution is 9.10. The van der Waals surface area contributed by atoms with Crippen LogP contribution in [0.4, 0.5) is 0 Å². The number of aromatic nitrogens is 2. The molecule has 1 heterocycles. The molecule has 0 spiro atoms. The van der Waals surface area contributed by atoms with E-state index < -0.39 is 0 Å². The number of halogens is 1. The van der Waals surface area contributed by atoms with Gasteiger partial charge in [-0.15, -0.1) is 0 Å². The lowest BCUT2D eigenvalue weighted by Crippen LogP contribution is -2.21. The lowest BCUT2D eigenvalue weighted by Gasteiger charge is -2.05. The van der Waals surface area contributed by atoms with Crippen LogP contribution in [0.1, 0.15) is 19.4 Å². The molecule has 1 aromatic heterocycles. The Morgan fingerprint density at radius 2 is 2.00 bits per heavy atom. The summed E-state index contributed by atoms with van der Waals surface area (Å²) in [6.45, 7) is 5.13. The van der Waals surface area contributed by atoms with E-state index in [2.05, 4.69) is 46.4 Å². The Labute approximate surface area is 110 Å². The van der Waals surface area contributed by atoms with Crippen LogP contribution in [-0.4, -0.2) is 15.8 Å². The second-order valence-electron chi connectivity index (χ2n) is 4.31. The van der Waals surface area contributed by atoms with E-state index in [0.717, 1.165) is 16.7 Å². The Kier molecular flexibility index (Phi) is 3.97. The number of nitrogens with one attached hydrogen (secondary N) is 1. The van der Waals surface area contributed by atoms with Crippen LogP contribution in [0.5, 0.6) is 0 Å². The van der Waals surface area contributed by atoms with E-state index in [1.165, 1.54) is 5.56 Å². The lowest BCUT2D eigenvalue weighted by molar-refractivity contribution is 0.589. The van der Waals surface area contributed by atoms with Crippen molar-refractivity contribution in [1.82, 2.24) is 15.1 Å². The molecule has 1 aromatic carbocycles. The molecule has 0 amide bonds. The maximum atomic E-state index is 4.36. The summed E-state index contributed by atoms with van der Waals surface area (Å²) in [5.74, 6) is 0. The molecular formula is C13H16BrN3. The largest absolute Gasteiger partial charge is 0.310 e. The summed E-state index contributed by atoms with van der Waals surface area (Å²) in [7, 11) is 0. The number of rotatable bonds is 4. The van der Waals surface area contributed by atoms with Crippen molar-refractivity contribution in [2.45, 2.75) is 26.4 Å². The zero-order valence-electron chi connectivity index (χ0n) is 10.0. The standard InChI is InChI=1S/C13H16BrN3/c1-10(2)15-7-11-8-16-17(9-11)13-5-3-12(14)4-6-13/h3-6,8-10,15H,7H2,1-2H3. The first-order valence-corrected chi connectivity index (χ1v) is 6.47. The quantitative estimate of drug-likeness (QED) is 0.939. The van der Waals surface area contributed by atoms with Gasteiger partial charge in [0.2, 0.25) is 0 Å². The highest BCUT2D eigenvalue weighted by Crippen LogP contribution is 2.13. The summed E-state index contributed by atoms with van der Waals surface area (Å²) < 4.78 is 2.97. The molecule has 2 rings (SSSR count). The van der Waals surface area contributed by atoms with Crippen molar-refractivity contribution in [3.63, 3.8) is 0 Å². The van der Waals surface area contributed by atoms with Crippen molar-refractivity contribution in [1.29, 1.82) is 0 Å². The number of hydrogen-bond acceptors (Lipinski definition) is 2. The molecule has 17 heavy (non-hydrogen) atoms. The summed E-state index contributed by atoms with van der Waals surface area (Å²) in [6.07, 6.45) is 3.95. The summed E-state index contributed by atoms with van der Waals surface area (Å²) in [5.41, 5.74) is 2.27. The molecule has 0 saturated heterocycles. The molecular weight excluding hydrogens is 278 g/mol. The maximum Gasteiger partial charge on any atom is 0.0646 e. The van der Waals surface area contributed by atoms with Crippen LogP contribution in [0, 0.1) is 0 Å². The van der Waals surface area contributed by atoms with Gasteiger partial charge in [-0.05, 0) is 24.3 Å². The molecule has 0 radical (unpaired) electrons. The predicted molar refractivity (Wildman–Crippen MR) is 73.2 cm³/mol. The minimum Gasteiger partial charge on any atom is -0.310 e.